The predicted molar refractivity (Wildman–Crippen MR) is 73.7 cm³/mol. The maximum Gasteiger partial charge on any atom is 0.354 e. The number of nitrogens with zero attached hydrogens (tertiary/aromatic N) is 2. The topological polar surface area (TPSA) is 126 Å². The van der Waals surface area contributed by atoms with E-state index in [0.29, 0.717) is 25.2 Å². The Morgan fingerprint density at radius 3 is 2.71 bits per heavy atom. The van der Waals surface area contributed by atoms with Gasteiger partial charge in [-0.1, -0.05) is 0 Å². The van der Waals surface area contributed by atoms with Gasteiger partial charge in [-0.3, -0.25) is 4.79 Å². The van der Waals surface area contributed by atoms with E-state index < -0.39 is 12.0 Å². The van der Waals surface area contributed by atoms with E-state index in [9.17, 15) is 14.4 Å². The molecule has 2 rings (SSSR count). The van der Waals surface area contributed by atoms with Gasteiger partial charge in [-0.05, 0) is 25.0 Å². The van der Waals surface area contributed by atoms with Crippen molar-refractivity contribution >= 4 is 23.6 Å². The number of rotatable bonds is 3. The zero-order chi connectivity index (χ0) is 15.4. The van der Waals surface area contributed by atoms with Crippen LogP contribution >= 0.6 is 0 Å². The zero-order valence-electron chi connectivity index (χ0n) is 11.3. The summed E-state index contributed by atoms with van der Waals surface area (Å²) in [5.41, 5.74) is 5.54. The number of anilines is 1. The van der Waals surface area contributed by atoms with Crippen LogP contribution in [0.3, 0.4) is 0 Å². The summed E-state index contributed by atoms with van der Waals surface area (Å²) in [7, 11) is 0. The number of aromatic carboxylic acids is 1. The first-order chi connectivity index (χ1) is 9.97. The van der Waals surface area contributed by atoms with Crippen molar-refractivity contribution in [3.05, 3.63) is 24.0 Å². The number of primary amides is 1. The molecule has 8 heteroatoms. The summed E-state index contributed by atoms with van der Waals surface area (Å²) in [5, 5.41) is 11.4. The summed E-state index contributed by atoms with van der Waals surface area (Å²) in [6.45, 7) is 0.857. The van der Waals surface area contributed by atoms with E-state index in [4.69, 9.17) is 10.8 Å². The molecular weight excluding hydrogens is 276 g/mol. The molecule has 1 saturated heterocycles. The number of amides is 3. The molecule has 0 bridgehead atoms. The van der Waals surface area contributed by atoms with Crippen molar-refractivity contribution in [2.75, 3.05) is 18.4 Å². The molecular formula is C13H16N4O4. The average molecular weight is 292 g/mol. The highest BCUT2D eigenvalue weighted by molar-refractivity contribution is 5.93. The molecule has 21 heavy (non-hydrogen) atoms. The van der Waals surface area contributed by atoms with Crippen LogP contribution in [0.2, 0.25) is 0 Å². The SMILES string of the molecule is NC(=O)N1CCCC(C(=O)Nc2ccc(C(=O)O)nc2)C1. The Bertz CT molecular complexity index is 558. The second-order valence-electron chi connectivity index (χ2n) is 4.85. The zero-order valence-corrected chi connectivity index (χ0v) is 11.3. The summed E-state index contributed by atoms with van der Waals surface area (Å²) in [4.78, 5) is 39.1. The number of nitrogens with one attached hydrogen (secondary N) is 1. The molecule has 2 heterocycles. The van der Waals surface area contributed by atoms with Crippen molar-refractivity contribution in [3.63, 3.8) is 0 Å². The number of pyridine rings is 1. The van der Waals surface area contributed by atoms with Crippen LogP contribution in [0.1, 0.15) is 23.3 Å². The minimum absolute atomic E-state index is 0.0921. The molecule has 4 N–H and O–H groups in total. The molecule has 0 radical (unpaired) electrons. The highest BCUT2D eigenvalue weighted by Gasteiger charge is 2.27. The van der Waals surface area contributed by atoms with Gasteiger partial charge in [-0.15, -0.1) is 0 Å². The molecule has 1 aromatic rings. The number of carbonyl (C=O) groups is 3. The molecule has 0 saturated carbocycles. The number of carboxylic acid groups (broad SMARTS) is 1. The Hall–Kier alpha value is -2.64. The first-order valence-electron chi connectivity index (χ1n) is 6.52. The normalized spacial score (nSPS) is 18.1. The highest BCUT2D eigenvalue weighted by atomic mass is 16.4. The van der Waals surface area contributed by atoms with Gasteiger partial charge in [0.2, 0.25) is 5.91 Å². The summed E-state index contributed by atoms with van der Waals surface area (Å²) in [6, 6.07) is 2.26. The van der Waals surface area contributed by atoms with Gasteiger partial charge in [-0.25, -0.2) is 14.6 Å². The molecule has 1 atom stereocenters. The molecule has 1 aliphatic rings. The third-order valence-corrected chi connectivity index (χ3v) is 3.35. The maximum atomic E-state index is 12.1. The van der Waals surface area contributed by atoms with Gasteiger partial charge in [0.05, 0.1) is 17.8 Å². The van der Waals surface area contributed by atoms with E-state index in [1.165, 1.54) is 23.2 Å². The van der Waals surface area contributed by atoms with E-state index in [2.05, 4.69) is 10.3 Å². The van der Waals surface area contributed by atoms with Crippen LogP contribution in [0.5, 0.6) is 0 Å². The number of hydrogen-bond donors (Lipinski definition) is 3. The van der Waals surface area contributed by atoms with Crippen molar-refractivity contribution in [1.82, 2.24) is 9.88 Å². The quantitative estimate of drug-likeness (QED) is 0.748. The Labute approximate surface area is 120 Å². The molecule has 112 valence electrons. The Kier molecular flexibility index (Phi) is 4.36. The summed E-state index contributed by atoms with van der Waals surface area (Å²) < 4.78 is 0. The van der Waals surface area contributed by atoms with Gasteiger partial charge in [0.25, 0.3) is 0 Å². The Morgan fingerprint density at radius 2 is 2.14 bits per heavy atom. The molecule has 0 aromatic carbocycles. The van der Waals surface area contributed by atoms with Gasteiger partial charge in [0.1, 0.15) is 5.69 Å². The molecule has 3 amide bonds. The Balaban J connectivity index is 1.97. The molecule has 0 aliphatic carbocycles. The van der Waals surface area contributed by atoms with Crippen LogP contribution in [0.25, 0.3) is 0 Å². The second-order valence-corrected chi connectivity index (χ2v) is 4.85. The molecule has 1 aliphatic heterocycles. The minimum Gasteiger partial charge on any atom is -0.477 e. The number of urea groups is 1. The monoisotopic (exact) mass is 292 g/mol. The number of hydrogen-bond acceptors (Lipinski definition) is 4. The smallest absolute Gasteiger partial charge is 0.354 e. The van der Waals surface area contributed by atoms with Crippen LogP contribution in [-0.2, 0) is 4.79 Å². The average Bonchev–Trinajstić information content (AvgIpc) is 2.48. The van der Waals surface area contributed by atoms with Crippen molar-refractivity contribution < 1.29 is 19.5 Å². The number of aromatic nitrogens is 1. The molecule has 8 nitrogen and oxygen atoms in total. The van der Waals surface area contributed by atoms with E-state index in [-0.39, 0.29) is 17.5 Å². The van der Waals surface area contributed by atoms with Crippen molar-refractivity contribution in [2.24, 2.45) is 11.7 Å². The van der Waals surface area contributed by atoms with Gasteiger partial charge in [-0.2, -0.15) is 0 Å². The fourth-order valence-corrected chi connectivity index (χ4v) is 2.23. The summed E-state index contributed by atoms with van der Waals surface area (Å²) in [5.74, 6) is -1.69. The van der Waals surface area contributed by atoms with Gasteiger partial charge in [0.15, 0.2) is 0 Å². The molecule has 0 spiro atoms. The molecule has 1 unspecified atom stereocenters. The van der Waals surface area contributed by atoms with E-state index in [1.807, 2.05) is 0 Å². The van der Waals surface area contributed by atoms with Crippen molar-refractivity contribution in [2.45, 2.75) is 12.8 Å². The first kappa shape index (κ1) is 14.8. The van der Waals surface area contributed by atoms with Gasteiger partial charge >= 0.3 is 12.0 Å². The number of piperidine rings is 1. The lowest BCUT2D eigenvalue weighted by Crippen LogP contribution is -2.46. The van der Waals surface area contributed by atoms with E-state index in [0.717, 1.165) is 6.42 Å². The lowest BCUT2D eigenvalue weighted by atomic mass is 9.97. The van der Waals surface area contributed by atoms with Crippen LogP contribution in [0, 0.1) is 5.92 Å². The number of nitrogens with two attached hydrogens (primary N) is 1. The fourth-order valence-electron chi connectivity index (χ4n) is 2.23. The van der Waals surface area contributed by atoms with Crippen LogP contribution < -0.4 is 11.1 Å². The first-order valence-corrected chi connectivity index (χ1v) is 6.52. The van der Waals surface area contributed by atoms with Crippen LogP contribution in [-0.4, -0.2) is 46.0 Å². The van der Waals surface area contributed by atoms with E-state index in [1.54, 1.807) is 0 Å². The second kappa shape index (κ2) is 6.21. The molecule has 1 fully saturated rings. The predicted octanol–water partition coefficient (Wildman–Crippen LogP) is 0.509. The number of likely N-dealkylation sites (tertiary alicyclic amines) is 1. The van der Waals surface area contributed by atoms with Crippen molar-refractivity contribution in [3.8, 4) is 0 Å². The third kappa shape index (κ3) is 3.68. The van der Waals surface area contributed by atoms with Crippen molar-refractivity contribution in [1.29, 1.82) is 0 Å². The van der Waals surface area contributed by atoms with Gasteiger partial charge < -0.3 is 21.1 Å². The standard InChI is InChI=1S/C13H16N4O4/c14-13(21)17-5-1-2-8(7-17)11(18)16-9-3-4-10(12(19)20)15-6-9/h3-4,6,8H,1-2,5,7H2,(H2,14,21)(H,16,18)(H,19,20). The van der Waals surface area contributed by atoms with E-state index >= 15 is 0 Å². The van der Waals surface area contributed by atoms with Gasteiger partial charge in [0, 0.05) is 13.1 Å². The van der Waals surface area contributed by atoms with Crippen LogP contribution in [0.4, 0.5) is 10.5 Å². The third-order valence-electron chi connectivity index (χ3n) is 3.35. The lowest BCUT2D eigenvalue weighted by Gasteiger charge is -2.30. The minimum atomic E-state index is -1.13. The highest BCUT2D eigenvalue weighted by Crippen LogP contribution is 2.18. The summed E-state index contributed by atoms with van der Waals surface area (Å²) >= 11 is 0. The maximum absolute atomic E-state index is 12.1. The number of carbonyl (C=O) groups excluding carboxylic acids is 2. The lowest BCUT2D eigenvalue weighted by molar-refractivity contribution is -0.121. The largest absolute Gasteiger partial charge is 0.477 e. The molecule has 1 aromatic heterocycles. The Morgan fingerprint density at radius 1 is 1.38 bits per heavy atom. The number of carboxylic acids is 1. The summed E-state index contributed by atoms with van der Waals surface area (Å²) in [6.07, 6.45) is 2.68. The van der Waals surface area contributed by atoms with Crippen LogP contribution in [0.15, 0.2) is 18.3 Å². The fraction of sp³-hybridized carbons (Fsp3) is 0.385.